The normalized spacial score (nSPS) is 12.6. The minimum absolute atomic E-state index is 0.00792. The molecule has 67 heavy (non-hydrogen) atoms. The van der Waals surface area contributed by atoms with Crippen molar-refractivity contribution >= 4 is 11.9 Å². The predicted molar refractivity (Wildman–Crippen MR) is 292 cm³/mol. The molecule has 6 nitrogen and oxygen atoms in total. The molecule has 0 saturated carbocycles. The summed E-state index contributed by atoms with van der Waals surface area (Å²) in [7, 11) is 0. The monoisotopic (exact) mass is 946 g/mol. The smallest absolute Gasteiger partial charge is 0.305 e. The number of allylic oxidation sites excluding steroid dienone is 1. The highest BCUT2D eigenvalue weighted by Gasteiger charge is 2.18. The first-order chi connectivity index (χ1) is 33.0. The minimum atomic E-state index is -0.847. The molecule has 0 aliphatic rings. The van der Waals surface area contributed by atoms with Crippen LogP contribution in [0, 0.1) is 0 Å². The van der Waals surface area contributed by atoms with Crippen LogP contribution in [-0.4, -0.2) is 47.4 Å². The lowest BCUT2D eigenvalue weighted by Gasteiger charge is -2.20. The molecule has 0 bridgehead atoms. The zero-order valence-corrected chi connectivity index (χ0v) is 45.4. The molecule has 0 aromatic heterocycles. The molecular weight excluding hydrogens is 827 g/mol. The van der Waals surface area contributed by atoms with Gasteiger partial charge in [0.15, 0.2) is 0 Å². The SMILES string of the molecule is CCCCCCCCCCCCCCCCCCCC/C=C/C(O)C(CO)NC(=O)CCCCCCCCCCCCCCCCCCCCOC(=O)CCCCCCCCCCCCCC. The van der Waals surface area contributed by atoms with Crippen molar-refractivity contribution in [3.8, 4) is 0 Å². The van der Waals surface area contributed by atoms with Crippen LogP contribution in [0.1, 0.15) is 341 Å². The second kappa shape index (κ2) is 57.2. The molecule has 0 fully saturated rings. The molecule has 3 N–H and O–H groups in total. The Bertz CT molecular complexity index is 1000. The van der Waals surface area contributed by atoms with Crippen molar-refractivity contribution < 1.29 is 24.5 Å². The third kappa shape index (κ3) is 53.8. The maximum Gasteiger partial charge on any atom is 0.305 e. The van der Waals surface area contributed by atoms with Crippen molar-refractivity contribution in [2.75, 3.05) is 13.2 Å². The Morgan fingerprint density at radius 3 is 1.01 bits per heavy atom. The summed E-state index contributed by atoms with van der Waals surface area (Å²) in [4.78, 5) is 24.5. The first-order valence-corrected chi connectivity index (χ1v) is 30.5. The lowest BCUT2D eigenvalue weighted by molar-refractivity contribution is -0.143. The number of carbonyl (C=O) groups is 2. The van der Waals surface area contributed by atoms with E-state index in [1.807, 2.05) is 6.08 Å². The first-order valence-electron chi connectivity index (χ1n) is 30.5. The summed E-state index contributed by atoms with van der Waals surface area (Å²) in [6.07, 6.45) is 68.1. The van der Waals surface area contributed by atoms with Crippen molar-refractivity contribution in [2.45, 2.75) is 353 Å². The Kier molecular flexibility index (Phi) is 56.0. The van der Waals surface area contributed by atoms with Crippen LogP contribution in [0.2, 0.25) is 0 Å². The van der Waals surface area contributed by atoms with Gasteiger partial charge in [0.05, 0.1) is 25.4 Å². The van der Waals surface area contributed by atoms with Crippen LogP contribution in [0.3, 0.4) is 0 Å². The van der Waals surface area contributed by atoms with E-state index in [-0.39, 0.29) is 18.5 Å². The van der Waals surface area contributed by atoms with Gasteiger partial charge in [-0.25, -0.2) is 0 Å². The summed E-state index contributed by atoms with van der Waals surface area (Å²) in [5.41, 5.74) is 0. The molecule has 0 aromatic carbocycles. The summed E-state index contributed by atoms with van der Waals surface area (Å²) in [5.74, 6) is -0.0605. The number of ether oxygens (including phenoxy) is 1. The van der Waals surface area contributed by atoms with E-state index >= 15 is 0 Å². The number of hydrogen-bond acceptors (Lipinski definition) is 5. The second-order valence-electron chi connectivity index (χ2n) is 21.0. The third-order valence-electron chi connectivity index (χ3n) is 14.3. The van der Waals surface area contributed by atoms with Gasteiger partial charge in [0.25, 0.3) is 0 Å². The number of nitrogens with one attached hydrogen (secondary N) is 1. The highest BCUT2D eigenvalue weighted by molar-refractivity contribution is 5.76. The summed E-state index contributed by atoms with van der Waals surface area (Å²) >= 11 is 0. The molecule has 0 radical (unpaired) electrons. The Morgan fingerprint density at radius 1 is 0.403 bits per heavy atom. The van der Waals surface area contributed by atoms with Crippen LogP contribution in [0.4, 0.5) is 0 Å². The molecule has 6 heteroatoms. The maximum absolute atomic E-state index is 12.5. The van der Waals surface area contributed by atoms with E-state index in [0.717, 1.165) is 38.5 Å². The molecule has 2 unspecified atom stereocenters. The average Bonchev–Trinajstić information content (AvgIpc) is 3.33. The van der Waals surface area contributed by atoms with Gasteiger partial charge in [-0.2, -0.15) is 0 Å². The van der Waals surface area contributed by atoms with Gasteiger partial charge in [0.2, 0.25) is 5.91 Å². The Morgan fingerprint density at radius 2 is 0.687 bits per heavy atom. The van der Waals surface area contributed by atoms with Gasteiger partial charge in [-0.05, 0) is 32.1 Å². The number of carbonyl (C=O) groups excluding carboxylic acids is 2. The first kappa shape index (κ1) is 65.6. The van der Waals surface area contributed by atoms with E-state index in [1.165, 1.54) is 276 Å². The van der Waals surface area contributed by atoms with Crippen molar-refractivity contribution in [1.82, 2.24) is 5.32 Å². The van der Waals surface area contributed by atoms with E-state index in [9.17, 15) is 19.8 Å². The average molecular weight is 947 g/mol. The number of aliphatic hydroxyl groups is 2. The Hall–Kier alpha value is -1.40. The molecule has 1 amide bonds. The van der Waals surface area contributed by atoms with Gasteiger partial charge < -0.3 is 20.3 Å². The van der Waals surface area contributed by atoms with Gasteiger partial charge in [-0.3, -0.25) is 9.59 Å². The number of rotatable bonds is 57. The molecule has 0 heterocycles. The van der Waals surface area contributed by atoms with E-state index in [4.69, 9.17) is 4.74 Å². The number of hydrogen-bond donors (Lipinski definition) is 3. The standard InChI is InChI=1S/C61H119NO5/c1-3-5-7-9-11-13-15-17-18-19-20-21-24-27-30-33-37-41-45-49-53-59(64)58(57-63)62-60(65)54-50-46-42-38-34-31-28-25-22-23-26-29-32-36-40-44-48-52-56-67-61(66)55-51-47-43-39-35-16-14-12-10-8-6-4-2/h49,53,58-59,63-64H,3-48,50-52,54-57H2,1-2H3,(H,62,65)/b53-49+. The van der Waals surface area contributed by atoms with Crippen LogP contribution in [0.15, 0.2) is 12.2 Å². The largest absolute Gasteiger partial charge is 0.466 e. The number of unbranched alkanes of at least 4 members (excludes halogenated alkanes) is 46. The molecule has 0 aliphatic heterocycles. The number of esters is 1. The Balaban J connectivity index is 3.44. The highest BCUT2D eigenvalue weighted by Crippen LogP contribution is 2.18. The number of aliphatic hydroxyl groups excluding tert-OH is 2. The minimum Gasteiger partial charge on any atom is -0.466 e. The number of amides is 1. The van der Waals surface area contributed by atoms with Crippen molar-refractivity contribution in [1.29, 1.82) is 0 Å². The molecule has 398 valence electrons. The molecule has 0 spiro atoms. The second-order valence-corrected chi connectivity index (χ2v) is 21.0. The summed E-state index contributed by atoms with van der Waals surface area (Å²) in [6, 6.07) is -0.630. The van der Waals surface area contributed by atoms with Crippen molar-refractivity contribution in [3.05, 3.63) is 12.2 Å². The fourth-order valence-corrected chi connectivity index (χ4v) is 9.64. The summed E-state index contributed by atoms with van der Waals surface area (Å²) in [6.45, 7) is 4.92. The molecule has 0 aliphatic carbocycles. The van der Waals surface area contributed by atoms with Gasteiger partial charge in [-0.1, -0.05) is 309 Å². The van der Waals surface area contributed by atoms with Gasteiger partial charge in [0.1, 0.15) is 0 Å². The van der Waals surface area contributed by atoms with Crippen LogP contribution >= 0.6 is 0 Å². The van der Waals surface area contributed by atoms with Crippen LogP contribution in [-0.2, 0) is 14.3 Å². The molecule has 2 atom stereocenters. The van der Waals surface area contributed by atoms with Gasteiger partial charge in [-0.15, -0.1) is 0 Å². The summed E-state index contributed by atoms with van der Waals surface area (Å²) < 4.78 is 5.47. The molecule has 0 rings (SSSR count). The van der Waals surface area contributed by atoms with E-state index in [1.54, 1.807) is 6.08 Å². The van der Waals surface area contributed by atoms with E-state index < -0.39 is 12.1 Å². The molecular formula is C61H119NO5. The third-order valence-corrected chi connectivity index (χ3v) is 14.3. The van der Waals surface area contributed by atoms with Gasteiger partial charge >= 0.3 is 5.97 Å². The summed E-state index contributed by atoms with van der Waals surface area (Å²) in [5, 5.41) is 23.2. The molecule has 0 aromatic rings. The van der Waals surface area contributed by atoms with Crippen LogP contribution < -0.4 is 5.32 Å². The van der Waals surface area contributed by atoms with Gasteiger partial charge in [0, 0.05) is 12.8 Å². The van der Waals surface area contributed by atoms with Crippen LogP contribution in [0.25, 0.3) is 0 Å². The zero-order chi connectivity index (χ0) is 48.6. The van der Waals surface area contributed by atoms with Crippen molar-refractivity contribution in [2.24, 2.45) is 0 Å². The lowest BCUT2D eigenvalue weighted by atomic mass is 10.0. The van der Waals surface area contributed by atoms with Crippen LogP contribution in [0.5, 0.6) is 0 Å². The van der Waals surface area contributed by atoms with E-state index in [0.29, 0.717) is 19.4 Å². The fourth-order valence-electron chi connectivity index (χ4n) is 9.64. The predicted octanol–water partition coefficient (Wildman–Crippen LogP) is 18.9. The molecule has 0 saturated heterocycles. The lowest BCUT2D eigenvalue weighted by Crippen LogP contribution is -2.45. The van der Waals surface area contributed by atoms with E-state index in [2.05, 4.69) is 19.2 Å². The fraction of sp³-hybridized carbons (Fsp3) is 0.934. The highest BCUT2D eigenvalue weighted by atomic mass is 16.5. The Labute approximate surface area is 419 Å². The zero-order valence-electron chi connectivity index (χ0n) is 45.4. The van der Waals surface area contributed by atoms with Crippen molar-refractivity contribution in [3.63, 3.8) is 0 Å². The topological polar surface area (TPSA) is 95.9 Å². The quantitative estimate of drug-likeness (QED) is 0.0321. The maximum atomic E-state index is 12.5.